The molecule has 0 aliphatic heterocycles. The molecule has 2 N–H and O–H groups in total. The van der Waals surface area contributed by atoms with Gasteiger partial charge in [-0.2, -0.15) is 0 Å². The van der Waals surface area contributed by atoms with Gasteiger partial charge < -0.3 is 9.47 Å². The second-order valence-electron chi connectivity index (χ2n) is 9.69. The number of nitrogens with one attached hydrogen (secondary N) is 2. The Morgan fingerprint density at radius 3 is 1.61 bits per heavy atom. The van der Waals surface area contributed by atoms with Crippen LogP contribution in [0.5, 0.6) is 0 Å². The lowest BCUT2D eigenvalue weighted by molar-refractivity contribution is 0.0969. The molecular weight excluding hydrogens is 592 g/mol. The lowest BCUT2D eigenvalue weighted by Crippen LogP contribution is -2.24. The second-order valence-corrected chi connectivity index (χ2v) is 14.0. The minimum Gasteiger partial charge on any atom is -0.377 e. The van der Waals surface area contributed by atoms with E-state index in [1.165, 1.54) is 0 Å². The first-order valence-electron chi connectivity index (χ1n) is 12.8. The smallest absolute Gasteiger partial charge is 0.241 e. The fourth-order valence-corrected chi connectivity index (χ4v) is 6.61. The van der Waals surface area contributed by atoms with Crippen LogP contribution in [-0.4, -0.2) is 43.1 Å². The van der Waals surface area contributed by atoms with Crippen molar-refractivity contribution >= 4 is 36.0 Å². The zero-order valence-electron chi connectivity index (χ0n) is 23.5. The van der Waals surface area contributed by atoms with Gasteiger partial charge in [0.1, 0.15) is 0 Å². The number of hydrogen-bond donors (Lipinski definition) is 2. The van der Waals surface area contributed by atoms with Crippen LogP contribution in [0.4, 0.5) is 0 Å². The number of benzene rings is 2. The highest BCUT2D eigenvalue weighted by molar-refractivity contribution is 9.10. The van der Waals surface area contributed by atoms with Gasteiger partial charge in [0, 0.05) is 30.8 Å². The fourth-order valence-electron chi connectivity index (χ4n) is 3.23. The molecule has 0 aromatic heterocycles. The van der Waals surface area contributed by atoms with Crippen LogP contribution >= 0.6 is 15.9 Å². The highest BCUT2D eigenvalue weighted by Crippen LogP contribution is 2.23. The van der Waals surface area contributed by atoms with E-state index < -0.39 is 20.0 Å². The average Bonchev–Trinajstić information content (AvgIpc) is 2.81. The predicted molar refractivity (Wildman–Crippen MR) is 156 cm³/mol. The Morgan fingerprint density at radius 1 is 0.737 bits per heavy atom. The largest absolute Gasteiger partial charge is 0.377 e. The molecule has 0 saturated carbocycles. The van der Waals surface area contributed by atoms with Gasteiger partial charge in [-0.1, -0.05) is 59.7 Å². The van der Waals surface area contributed by atoms with Crippen LogP contribution in [0, 0.1) is 18.8 Å². The Kier molecular flexibility index (Phi) is 15.2. The standard InChI is InChI=1S/C14H23NO3S.C13H20BrNO3S/c1-5-15-19(16,17)14-8-13(7-6-12(14)4)10-18-9-11(2)3;1-4-15-19(16,17)13-7-11(5-6-12(13)14)9-18-8-10(2)3/h6-8,11,15H,5,9-10H2,1-4H3;5-7,10,15H,4,8-9H2,1-3H3. The van der Waals surface area contributed by atoms with Gasteiger partial charge in [-0.3, -0.25) is 0 Å². The molecule has 0 spiro atoms. The van der Waals surface area contributed by atoms with Crippen molar-refractivity contribution in [3.8, 4) is 0 Å². The third-order valence-corrected chi connectivity index (χ3v) is 9.16. The molecule has 0 heterocycles. The van der Waals surface area contributed by atoms with E-state index in [1.807, 2.05) is 18.2 Å². The van der Waals surface area contributed by atoms with Crippen LogP contribution in [0.25, 0.3) is 0 Å². The van der Waals surface area contributed by atoms with E-state index in [4.69, 9.17) is 9.47 Å². The molecule has 0 radical (unpaired) electrons. The predicted octanol–water partition coefficient (Wildman–Crippen LogP) is 5.39. The molecule has 0 atom stereocenters. The van der Waals surface area contributed by atoms with Crippen LogP contribution in [0.15, 0.2) is 50.7 Å². The van der Waals surface area contributed by atoms with Gasteiger partial charge in [0.15, 0.2) is 0 Å². The summed E-state index contributed by atoms with van der Waals surface area (Å²) in [6.45, 7) is 16.5. The summed E-state index contributed by atoms with van der Waals surface area (Å²) in [6, 6.07) is 10.6. The molecule has 8 nitrogen and oxygen atoms in total. The third-order valence-electron chi connectivity index (χ3n) is 4.94. The highest BCUT2D eigenvalue weighted by atomic mass is 79.9. The number of rotatable bonds is 14. The first-order valence-corrected chi connectivity index (χ1v) is 16.5. The summed E-state index contributed by atoms with van der Waals surface area (Å²) in [6.07, 6.45) is 0. The SMILES string of the molecule is CCNS(=O)(=O)c1cc(COCC(C)C)ccc1Br.CCNS(=O)(=O)c1cc(COCC(C)C)ccc1C. The first-order chi connectivity index (χ1) is 17.7. The quantitative estimate of drug-likeness (QED) is 0.288. The minimum atomic E-state index is -3.46. The zero-order valence-corrected chi connectivity index (χ0v) is 26.7. The Balaban J connectivity index is 0.000000380. The van der Waals surface area contributed by atoms with Crippen molar-refractivity contribution in [1.82, 2.24) is 9.44 Å². The van der Waals surface area contributed by atoms with Crippen molar-refractivity contribution in [2.75, 3.05) is 26.3 Å². The fraction of sp³-hybridized carbons (Fsp3) is 0.556. The van der Waals surface area contributed by atoms with E-state index in [0.29, 0.717) is 60.7 Å². The molecular formula is C27H43BrN2O6S2. The van der Waals surface area contributed by atoms with Crippen LogP contribution in [0.1, 0.15) is 58.2 Å². The average molecular weight is 636 g/mol. The van der Waals surface area contributed by atoms with E-state index in [1.54, 1.807) is 39.0 Å². The Labute approximate surface area is 238 Å². The molecule has 38 heavy (non-hydrogen) atoms. The number of aryl methyl sites for hydroxylation is 1. The Bertz CT molecular complexity index is 1120. The molecule has 11 heteroatoms. The molecule has 0 unspecified atom stereocenters. The number of hydrogen-bond acceptors (Lipinski definition) is 6. The molecule has 0 bridgehead atoms. The van der Waals surface area contributed by atoms with Crippen LogP contribution in [-0.2, 0) is 42.7 Å². The maximum Gasteiger partial charge on any atom is 0.241 e. The van der Waals surface area contributed by atoms with Gasteiger partial charge in [0.25, 0.3) is 0 Å². The third kappa shape index (κ3) is 12.2. The summed E-state index contributed by atoms with van der Waals surface area (Å²) in [5, 5.41) is 0. The van der Waals surface area contributed by atoms with Crippen molar-refractivity contribution in [3.63, 3.8) is 0 Å². The maximum absolute atomic E-state index is 12.0. The van der Waals surface area contributed by atoms with E-state index >= 15 is 0 Å². The summed E-state index contributed by atoms with van der Waals surface area (Å²) in [5.41, 5.74) is 2.47. The first kappa shape index (κ1) is 34.7. The maximum atomic E-state index is 12.0. The van der Waals surface area contributed by atoms with Crippen LogP contribution in [0.3, 0.4) is 0 Å². The molecule has 2 aromatic carbocycles. The van der Waals surface area contributed by atoms with Crippen molar-refractivity contribution in [2.24, 2.45) is 11.8 Å². The summed E-state index contributed by atoms with van der Waals surface area (Å²) < 4.78 is 64.7. The Morgan fingerprint density at radius 2 is 1.16 bits per heavy atom. The molecule has 0 saturated heterocycles. The molecule has 0 aliphatic rings. The second kappa shape index (κ2) is 16.7. The molecule has 2 aromatic rings. The zero-order chi connectivity index (χ0) is 28.9. The minimum absolute atomic E-state index is 0.250. The number of ether oxygens (including phenoxy) is 2. The van der Waals surface area contributed by atoms with Crippen LogP contribution < -0.4 is 9.44 Å². The van der Waals surface area contributed by atoms with E-state index in [-0.39, 0.29) is 4.90 Å². The summed E-state index contributed by atoms with van der Waals surface area (Å²) in [7, 11) is -6.87. The monoisotopic (exact) mass is 634 g/mol. The Hall–Kier alpha value is -1.34. The summed E-state index contributed by atoms with van der Waals surface area (Å²) >= 11 is 3.27. The molecule has 0 aliphatic carbocycles. The number of halogens is 1. The van der Waals surface area contributed by atoms with Crippen molar-refractivity contribution < 1.29 is 26.3 Å². The van der Waals surface area contributed by atoms with Gasteiger partial charge in [-0.05, 0) is 69.6 Å². The van der Waals surface area contributed by atoms with Crippen molar-refractivity contribution in [1.29, 1.82) is 0 Å². The molecule has 2 rings (SSSR count). The lowest BCUT2D eigenvalue weighted by Gasteiger charge is -2.11. The van der Waals surface area contributed by atoms with E-state index in [0.717, 1.165) is 16.7 Å². The van der Waals surface area contributed by atoms with Gasteiger partial charge >= 0.3 is 0 Å². The topological polar surface area (TPSA) is 111 Å². The highest BCUT2D eigenvalue weighted by Gasteiger charge is 2.17. The molecule has 216 valence electrons. The van der Waals surface area contributed by atoms with E-state index in [2.05, 4.69) is 53.1 Å². The molecule has 0 fully saturated rings. The van der Waals surface area contributed by atoms with Crippen molar-refractivity contribution in [3.05, 3.63) is 57.6 Å². The van der Waals surface area contributed by atoms with Crippen LogP contribution in [0.2, 0.25) is 0 Å². The normalized spacial score (nSPS) is 12.1. The van der Waals surface area contributed by atoms with Gasteiger partial charge in [0.05, 0.1) is 23.0 Å². The van der Waals surface area contributed by atoms with Gasteiger partial charge in [-0.15, -0.1) is 0 Å². The van der Waals surface area contributed by atoms with Gasteiger partial charge in [-0.25, -0.2) is 26.3 Å². The van der Waals surface area contributed by atoms with Gasteiger partial charge in [0.2, 0.25) is 20.0 Å². The van der Waals surface area contributed by atoms with Crippen molar-refractivity contribution in [2.45, 2.75) is 71.5 Å². The summed E-state index contributed by atoms with van der Waals surface area (Å²) in [5.74, 6) is 0.927. The summed E-state index contributed by atoms with van der Waals surface area (Å²) in [4.78, 5) is 0.583. The molecule has 0 amide bonds. The number of sulfonamides is 2. The lowest BCUT2D eigenvalue weighted by atomic mass is 10.1. The van der Waals surface area contributed by atoms with E-state index in [9.17, 15) is 16.8 Å².